The van der Waals surface area contributed by atoms with Gasteiger partial charge in [0.25, 0.3) is 0 Å². The lowest BCUT2D eigenvalue weighted by Crippen LogP contribution is -2.17. The van der Waals surface area contributed by atoms with Gasteiger partial charge in [-0.05, 0) is 36.8 Å². The normalized spacial score (nSPS) is 10.8. The third kappa shape index (κ3) is 8.60. The first-order valence-corrected chi connectivity index (χ1v) is 10.8. The summed E-state index contributed by atoms with van der Waals surface area (Å²) in [6.45, 7) is 2.19. The number of halogens is 1. The predicted octanol–water partition coefficient (Wildman–Crippen LogP) is 5.87. The van der Waals surface area contributed by atoms with E-state index in [1.807, 2.05) is 6.07 Å². The summed E-state index contributed by atoms with van der Waals surface area (Å²) in [6, 6.07) is 14.0. The van der Waals surface area contributed by atoms with Gasteiger partial charge in [0.05, 0.1) is 11.8 Å². The highest BCUT2D eigenvalue weighted by Gasteiger charge is 2.11. The van der Waals surface area contributed by atoms with Crippen LogP contribution in [0, 0.1) is 0 Å². The number of esters is 1. The minimum Gasteiger partial charge on any atom is -0.422 e. The average Bonchev–Trinajstić information content (AvgIpc) is 2.73. The van der Waals surface area contributed by atoms with Crippen molar-refractivity contribution in [2.45, 2.75) is 51.9 Å². The quantitative estimate of drug-likeness (QED) is 0.150. The summed E-state index contributed by atoms with van der Waals surface area (Å²) in [4.78, 5) is 24.2. The number of carbonyl (C=O) groups excluding carboxylic acids is 2. The lowest BCUT2D eigenvalue weighted by molar-refractivity contribution is -0.121. The van der Waals surface area contributed by atoms with Crippen LogP contribution in [0.5, 0.6) is 5.75 Å². The largest absolute Gasteiger partial charge is 0.422 e. The Kier molecular flexibility index (Phi) is 10.1. The summed E-state index contributed by atoms with van der Waals surface area (Å²) in [5.74, 6) is -0.194. The van der Waals surface area contributed by atoms with Crippen molar-refractivity contribution < 1.29 is 14.3 Å². The molecule has 0 heterocycles. The minimum absolute atomic E-state index is 0.116. The van der Waals surface area contributed by atoms with Crippen LogP contribution in [0.1, 0.15) is 67.8 Å². The van der Waals surface area contributed by atoms with Crippen molar-refractivity contribution in [3.63, 3.8) is 0 Å². The molecule has 154 valence electrons. The predicted molar refractivity (Wildman–Crippen MR) is 119 cm³/mol. The van der Waals surface area contributed by atoms with E-state index in [-0.39, 0.29) is 5.91 Å². The summed E-state index contributed by atoms with van der Waals surface area (Å²) in [5.41, 5.74) is 3.59. The van der Waals surface area contributed by atoms with E-state index in [9.17, 15) is 9.59 Å². The zero-order chi connectivity index (χ0) is 20.9. The van der Waals surface area contributed by atoms with Crippen LogP contribution in [0.2, 0.25) is 0 Å². The van der Waals surface area contributed by atoms with Gasteiger partial charge in [-0.15, -0.1) is 0 Å². The van der Waals surface area contributed by atoms with Crippen LogP contribution in [0.15, 0.2) is 58.1 Å². The smallest absolute Gasteiger partial charge is 0.343 e. The molecule has 29 heavy (non-hydrogen) atoms. The number of nitrogens with one attached hydrogen (secondary N) is 1. The molecule has 0 bridgehead atoms. The van der Waals surface area contributed by atoms with Crippen molar-refractivity contribution >= 4 is 34.0 Å². The van der Waals surface area contributed by atoms with Crippen LogP contribution < -0.4 is 10.2 Å². The van der Waals surface area contributed by atoms with Crippen molar-refractivity contribution in [3.05, 3.63) is 64.1 Å². The van der Waals surface area contributed by atoms with Crippen molar-refractivity contribution in [2.24, 2.45) is 5.10 Å². The highest BCUT2D eigenvalue weighted by Crippen LogP contribution is 2.23. The van der Waals surface area contributed by atoms with Gasteiger partial charge in [0, 0.05) is 16.5 Å². The summed E-state index contributed by atoms with van der Waals surface area (Å²) < 4.78 is 6.31. The molecule has 5 nitrogen and oxygen atoms in total. The molecular formula is C23H27BrN2O3. The van der Waals surface area contributed by atoms with Gasteiger partial charge in [0.15, 0.2) is 0 Å². The SMILES string of the molecule is CCCCCCCCC(=O)N/N=C\c1cc(Br)ccc1OC(=O)c1ccccc1. The van der Waals surface area contributed by atoms with E-state index in [2.05, 4.69) is 33.4 Å². The molecule has 2 rings (SSSR count). The molecule has 0 aliphatic rings. The number of carbonyl (C=O) groups is 2. The molecular weight excluding hydrogens is 432 g/mol. The molecule has 0 atom stereocenters. The maximum Gasteiger partial charge on any atom is 0.343 e. The molecule has 2 aromatic rings. The Balaban J connectivity index is 1.88. The second kappa shape index (κ2) is 12.9. The van der Waals surface area contributed by atoms with Gasteiger partial charge >= 0.3 is 5.97 Å². The fourth-order valence-corrected chi connectivity index (χ4v) is 3.12. The number of unbranched alkanes of at least 4 members (excludes halogenated alkanes) is 5. The standard InChI is InChI=1S/C23H27BrN2O3/c1-2-3-4-5-6-10-13-22(27)26-25-17-19-16-20(24)14-15-21(19)29-23(28)18-11-8-7-9-12-18/h7-9,11-12,14-17H,2-6,10,13H2,1H3,(H,26,27)/b25-17-. The Hall–Kier alpha value is -2.47. The number of ether oxygens (including phenoxy) is 1. The molecule has 0 radical (unpaired) electrons. The van der Waals surface area contributed by atoms with Gasteiger partial charge in [-0.3, -0.25) is 4.79 Å². The molecule has 2 aromatic carbocycles. The number of benzene rings is 2. The third-order valence-electron chi connectivity index (χ3n) is 4.33. The minimum atomic E-state index is -0.449. The van der Waals surface area contributed by atoms with E-state index in [0.717, 1.165) is 17.3 Å². The zero-order valence-electron chi connectivity index (χ0n) is 16.7. The molecule has 0 spiro atoms. The fourth-order valence-electron chi connectivity index (χ4n) is 2.74. The Labute approximate surface area is 180 Å². The Morgan fingerprint density at radius 3 is 2.52 bits per heavy atom. The molecule has 1 amide bonds. The first-order valence-electron chi connectivity index (χ1n) is 9.99. The summed E-state index contributed by atoms with van der Waals surface area (Å²) in [5, 5.41) is 4.01. The molecule has 1 N–H and O–H groups in total. The second-order valence-corrected chi connectivity index (χ2v) is 7.66. The Morgan fingerprint density at radius 1 is 1.03 bits per heavy atom. The summed E-state index contributed by atoms with van der Waals surface area (Å²) >= 11 is 3.40. The van der Waals surface area contributed by atoms with E-state index in [1.54, 1.807) is 42.5 Å². The first-order chi connectivity index (χ1) is 14.1. The van der Waals surface area contributed by atoms with Crippen LogP contribution in [0.25, 0.3) is 0 Å². The molecule has 0 fully saturated rings. The Bertz CT molecular complexity index is 822. The van der Waals surface area contributed by atoms with E-state index in [1.165, 1.54) is 31.9 Å². The van der Waals surface area contributed by atoms with Crippen LogP contribution >= 0.6 is 15.9 Å². The monoisotopic (exact) mass is 458 g/mol. The number of amides is 1. The van der Waals surface area contributed by atoms with Gasteiger partial charge < -0.3 is 4.74 Å². The van der Waals surface area contributed by atoms with Gasteiger partial charge in [0.1, 0.15) is 5.75 Å². The fraction of sp³-hybridized carbons (Fsp3) is 0.348. The summed E-state index contributed by atoms with van der Waals surface area (Å²) in [7, 11) is 0. The number of hydrogen-bond donors (Lipinski definition) is 1. The average molecular weight is 459 g/mol. The van der Waals surface area contributed by atoms with Crippen molar-refractivity contribution in [3.8, 4) is 5.75 Å². The van der Waals surface area contributed by atoms with E-state index in [4.69, 9.17) is 4.74 Å². The van der Waals surface area contributed by atoms with Crippen LogP contribution in [-0.4, -0.2) is 18.1 Å². The highest BCUT2D eigenvalue weighted by molar-refractivity contribution is 9.10. The number of rotatable bonds is 11. The highest BCUT2D eigenvalue weighted by atomic mass is 79.9. The van der Waals surface area contributed by atoms with Gasteiger partial charge in [-0.25, -0.2) is 10.2 Å². The Morgan fingerprint density at radius 2 is 1.76 bits per heavy atom. The molecule has 0 aromatic heterocycles. The lowest BCUT2D eigenvalue weighted by Gasteiger charge is -2.08. The number of nitrogens with zero attached hydrogens (tertiary/aromatic N) is 1. The third-order valence-corrected chi connectivity index (χ3v) is 4.83. The van der Waals surface area contributed by atoms with Crippen molar-refractivity contribution in [2.75, 3.05) is 0 Å². The molecule has 0 saturated heterocycles. The van der Waals surface area contributed by atoms with Crippen molar-refractivity contribution in [1.29, 1.82) is 0 Å². The van der Waals surface area contributed by atoms with Crippen LogP contribution in [-0.2, 0) is 4.79 Å². The first kappa shape index (κ1) is 22.8. The summed E-state index contributed by atoms with van der Waals surface area (Å²) in [6.07, 6.45) is 8.72. The van der Waals surface area contributed by atoms with E-state index in [0.29, 0.717) is 23.3 Å². The maximum atomic E-state index is 12.3. The second-order valence-electron chi connectivity index (χ2n) is 6.75. The van der Waals surface area contributed by atoms with Crippen LogP contribution in [0.3, 0.4) is 0 Å². The topological polar surface area (TPSA) is 67.8 Å². The number of hydrazone groups is 1. The van der Waals surface area contributed by atoms with Crippen LogP contribution in [0.4, 0.5) is 0 Å². The molecule has 0 saturated carbocycles. The lowest BCUT2D eigenvalue weighted by atomic mass is 10.1. The maximum absolute atomic E-state index is 12.3. The number of hydrogen-bond acceptors (Lipinski definition) is 4. The van der Waals surface area contributed by atoms with Crippen molar-refractivity contribution in [1.82, 2.24) is 5.43 Å². The van der Waals surface area contributed by atoms with E-state index >= 15 is 0 Å². The van der Waals surface area contributed by atoms with E-state index < -0.39 is 5.97 Å². The van der Waals surface area contributed by atoms with Gasteiger partial charge in [-0.1, -0.05) is 73.2 Å². The zero-order valence-corrected chi connectivity index (χ0v) is 18.3. The molecule has 0 aliphatic heterocycles. The molecule has 0 aliphatic carbocycles. The molecule has 0 unspecified atom stereocenters. The molecule has 6 heteroatoms. The van der Waals surface area contributed by atoms with Gasteiger partial charge in [-0.2, -0.15) is 5.10 Å². The van der Waals surface area contributed by atoms with Gasteiger partial charge in [0.2, 0.25) is 5.91 Å².